The van der Waals surface area contributed by atoms with Crippen LogP contribution in [0.15, 0.2) is 18.2 Å². The normalized spacial score (nSPS) is 14.8. The maximum Gasteiger partial charge on any atom is 0.129 e. The van der Waals surface area contributed by atoms with E-state index < -0.39 is 11.6 Å². The maximum atomic E-state index is 13.5. The molecule has 0 amide bonds. The fraction of sp³-hybridized carbons (Fsp3) is 0.538. The van der Waals surface area contributed by atoms with Crippen LogP contribution in [0.1, 0.15) is 32.3 Å². The van der Waals surface area contributed by atoms with E-state index in [0.29, 0.717) is 18.5 Å². The fourth-order valence-corrected chi connectivity index (χ4v) is 1.99. The molecule has 90 valence electrons. The minimum absolute atomic E-state index is 0.104. The summed E-state index contributed by atoms with van der Waals surface area (Å²) >= 11 is 0. The molecule has 0 aliphatic heterocycles. The van der Waals surface area contributed by atoms with Gasteiger partial charge in [-0.1, -0.05) is 26.3 Å². The number of benzene rings is 1. The van der Waals surface area contributed by atoms with E-state index in [1.165, 1.54) is 12.1 Å². The molecule has 0 bridgehead atoms. The first-order valence-corrected chi connectivity index (χ1v) is 5.65. The molecule has 1 aromatic rings. The van der Waals surface area contributed by atoms with E-state index >= 15 is 0 Å². The molecule has 0 aliphatic carbocycles. The summed E-state index contributed by atoms with van der Waals surface area (Å²) in [4.78, 5) is 0. The molecule has 0 saturated heterocycles. The Hall–Kier alpha value is -0.960. The zero-order valence-electron chi connectivity index (χ0n) is 9.89. The Labute approximate surface area is 95.7 Å². The summed E-state index contributed by atoms with van der Waals surface area (Å²) in [5, 5.41) is 0. The van der Waals surface area contributed by atoms with Crippen LogP contribution in [0.2, 0.25) is 0 Å². The molecule has 1 nitrogen and oxygen atoms in total. The topological polar surface area (TPSA) is 26.0 Å². The van der Waals surface area contributed by atoms with E-state index in [-0.39, 0.29) is 5.41 Å². The number of hydrogen-bond donors (Lipinski definition) is 1. The highest BCUT2D eigenvalue weighted by Crippen LogP contribution is 2.28. The van der Waals surface area contributed by atoms with Gasteiger partial charge in [0.1, 0.15) is 11.6 Å². The van der Waals surface area contributed by atoms with Gasteiger partial charge >= 0.3 is 0 Å². The lowest BCUT2D eigenvalue weighted by Gasteiger charge is -2.27. The third-order valence-corrected chi connectivity index (χ3v) is 2.98. The zero-order valence-corrected chi connectivity index (χ0v) is 9.89. The average molecular weight is 227 g/mol. The van der Waals surface area contributed by atoms with Crippen molar-refractivity contribution >= 4 is 0 Å². The summed E-state index contributed by atoms with van der Waals surface area (Å²) in [7, 11) is 0. The molecule has 1 atom stereocenters. The molecule has 1 aromatic carbocycles. The number of hydrogen-bond acceptors (Lipinski definition) is 1. The van der Waals surface area contributed by atoms with E-state index in [1.54, 1.807) is 0 Å². The Kier molecular flexibility index (Phi) is 4.42. The van der Waals surface area contributed by atoms with Gasteiger partial charge in [-0.3, -0.25) is 0 Å². The molecule has 0 aliphatic rings. The van der Waals surface area contributed by atoms with Crippen molar-refractivity contribution in [2.24, 2.45) is 11.1 Å². The molecule has 1 rings (SSSR count). The van der Waals surface area contributed by atoms with E-state index in [4.69, 9.17) is 5.73 Å². The third-order valence-electron chi connectivity index (χ3n) is 2.98. The van der Waals surface area contributed by atoms with Gasteiger partial charge in [0.05, 0.1) is 0 Å². The molecule has 0 spiro atoms. The lowest BCUT2D eigenvalue weighted by atomic mass is 9.80. The molecule has 3 heteroatoms. The van der Waals surface area contributed by atoms with Gasteiger partial charge in [-0.15, -0.1) is 0 Å². The van der Waals surface area contributed by atoms with Crippen LogP contribution in [0, 0.1) is 17.0 Å². The fourth-order valence-electron chi connectivity index (χ4n) is 1.99. The summed E-state index contributed by atoms with van der Waals surface area (Å²) in [6.07, 6.45) is 2.51. The summed E-state index contributed by atoms with van der Waals surface area (Å²) in [6.45, 7) is 4.63. The van der Waals surface area contributed by atoms with E-state index in [0.717, 1.165) is 18.9 Å². The second-order valence-electron chi connectivity index (χ2n) is 4.68. The molecule has 2 N–H and O–H groups in total. The summed E-state index contributed by atoms with van der Waals surface area (Å²) in [5.41, 5.74) is 6.16. The second kappa shape index (κ2) is 5.39. The van der Waals surface area contributed by atoms with Crippen LogP contribution >= 0.6 is 0 Å². The smallest absolute Gasteiger partial charge is 0.129 e. The Morgan fingerprint density at radius 3 is 2.50 bits per heavy atom. The van der Waals surface area contributed by atoms with Crippen molar-refractivity contribution < 1.29 is 8.78 Å². The van der Waals surface area contributed by atoms with Crippen LogP contribution in [0.4, 0.5) is 8.78 Å². The van der Waals surface area contributed by atoms with Crippen molar-refractivity contribution in [1.82, 2.24) is 0 Å². The van der Waals surface area contributed by atoms with Crippen LogP contribution in [0.3, 0.4) is 0 Å². The number of nitrogens with two attached hydrogens (primary N) is 1. The van der Waals surface area contributed by atoms with Gasteiger partial charge in [-0.2, -0.15) is 0 Å². The van der Waals surface area contributed by atoms with E-state index in [9.17, 15) is 8.78 Å². The van der Waals surface area contributed by atoms with Crippen LogP contribution in [-0.2, 0) is 6.42 Å². The van der Waals surface area contributed by atoms with Crippen LogP contribution in [0.25, 0.3) is 0 Å². The van der Waals surface area contributed by atoms with Gasteiger partial charge in [0.25, 0.3) is 0 Å². The third kappa shape index (κ3) is 3.27. The zero-order chi connectivity index (χ0) is 12.2. The van der Waals surface area contributed by atoms with Gasteiger partial charge < -0.3 is 5.73 Å². The Morgan fingerprint density at radius 2 is 2.00 bits per heavy atom. The standard InChI is InChI=1S/C13H19F2N/c1-3-6-13(2,9-16)8-10-4-5-11(14)7-12(10)15/h4-5,7H,3,6,8-9,16H2,1-2H3. The van der Waals surface area contributed by atoms with Gasteiger partial charge in [0.15, 0.2) is 0 Å². The molecule has 0 saturated carbocycles. The highest BCUT2D eigenvalue weighted by atomic mass is 19.1. The summed E-state index contributed by atoms with van der Waals surface area (Å²) in [6, 6.07) is 3.73. The minimum atomic E-state index is -0.536. The first kappa shape index (κ1) is 13.1. The molecule has 0 fully saturated rings. The minimum Gasteiger partial charge on any atom is -0.330 e. The Bertz CT molecular complexity index is 352. The lowest BCUT2D eigenvalue weighted by molar-refractivity contribution is 0.298. The quantitative estimate of drug-likeness (QED) is 0.820. The van der Waals surface area contributed by atoms with Crippen LogP contribution in [-0.4, -0.2) is 6.54 Å². The van der Waals surface area contributed by atoms with Crippen molar-refractivity contribution in [3.05, 3.63) is 35.4 Å². The highest BCUT2D eigenvalue weighted by Gasteiger charge is 2.23. The molecule has 0 heterocycles. The average Bonchev–Trinajstić information content (AvgIpc) is 2.23. The first-order chi connectivity index (χ1) is 7.50. The number of rotatable bonds is 5. The van der Waals surface area contributed by atoms with Gasteiger partial charge in [0.2, 0.25) is 0 Å². The predicted octanol–water partition coefficient (Wildman–Crippen LogP) is 3.27. The molecule has 0 aromatic heterocycles. The van der Waals surface area contributed by atoms with E-state index in [1.807, 2.05) is 6.92 Å². The molecule has 0 radical (unpaired) electrons. The van der Waals surface area contributed by atoms with Gasteiger partial charge in [-0.25, -0.2) is 8.78 Å². The summed E-state index contributed by atoms with van der Waals surface area (Å²) < 4.78 is 26.2. The molecular formula is C13H19F2N. The van der Waals surface area contributed by atoms with Crippen molar-refractivity contribution in [2.75, 3.05) is 6.54 Å². The Morgan fingerprint density at radius 1 is 1.31 bits per heavy atom. The van der Waals surface area contributed by atoms with Crippen molar-refractivity contribution in [3.8, 4) is 0 Å². The van der Waals surface area contributed by atoms with Crippen LogP contribution in [0.5, 0.6) is 0 Å². The van der Waals surface area contributed by atoms with Crippen molar-refractivity contribution in [3.63, 3.8) is 0 Å². The Balaban J connectivity index is 2.85. The monoisotopic (exact) mass is 227 g/mol. The predicted molar refractivity (Wildman–Crippen MR) is 62.1 cm³/mol. The largest absolute Gasteiger partial charge is 0.330 e. The van der Waals surface area contributed by atoms with E-state index in [2.05, 4.69) is 6.92 Å². The molecule has 1 unspecified atom stereocenters. The molecule has 16 heavy (non-hydrogen) atoms. The van der Waals surface area contributed by atoms with Crippen LogP contribution < -0.4 is 5.73 Å². The highest BCUT2D eigenvalue weighted by molar-refractivity contribution is 5.20. The van der Waals surface area contributed by atoms with Crippen molar-refractivity contribution in [2.45, 2.75) is 33.1 Å². The number of halogens is 2. The maximum absolute atomic E-state index is 13.5. The van der Waals surface area contributed by atoms with Gasteiger partial charge in [0, 0.05) is 6.07 Å². The lowest BCUT2D eigenvalue weighted by Crippen LogP contribution is -2.29. The summed E-state index contributed by atoms with van der Waals surface area (Å²) in [5.74, 6) is -1.01. The SMILES string of the molecule is CCCC(C)(CN)Cc1ccc(F)cc1F. The first-order valence-electron chi connectivity index (χ1n) is 5.65. The van der Waals surface area contributed by atoms with Crippen molar-refractivity contribution in [1.29, 1.82) is 0 Å². The van der Waals surface area contributed by atoms with Gasteiger partial charge in [-0.05, 0) is 36.4 Å². The second-order valence-corrected chi connectivity index (χ2v) is 4.68. The molecular weight excluding hydrogens is 208 g/mol.